The van der Waals surface area contributed by atoms with E-state index in [1.807, 2.05) is 0 Å². The first-order valence-electron chi connectivity index (χ1n) is 6.06. The van der Waals surface area contributed by atoms with Crippen LogP contribution in [0.25, 0.3) is 0 Å². The molecule has 0 aromatic heterocycles. The average Bonchev–Trinajstić information content (AvgIpc) is 2.34. The molecule has 1 heterocycles. The van der Waals surface area contributed by atoms with Crippen molar-refractivity contribution in [3.05, 3.63) is 29.6 Å². The smallest absolute Gasteiger partial charge is 0.129 e. The fraction of sp³-hybridized carbons (Fsp3) is 0.538. The summed E-state index contributed by atoms with van der Waals surface area (Å²) in [4.78, 5) is 2.22. The van der Waals surface area contributed by atoms with Crippen molar-refractivity contribution in [2.75, 3.05) is 25.4 Å². The quantitative estimate of drug-likeness (QED) is 0.787. The molecule has 1 saturated heterocycles. The lowest BCUT2D eigenvalue weighted by molar-refractivity contribution is 0.126. The van der Waals surface area contributed by atoms with Crippen molar-refractivity contribution in [1.82, 2.24) is 4.90 Å². The van der Waals surface area contributed by atoms with Gasteiger partial charge in [0, 0.05) is 24.4 Å². The summed E-state index contributed by atoms with van der Waals surface area (Å²) < 4.78 is 13.6. The van der Waals surface area contributed by atoms with E-state index in [0.29, 0.717) is 23.7 Å². The number of halogens is 1. The predicted molar refractivity (Wildman–Crippen MR) is 65.9 cm³/mol. The number of rotatable bonds is 3. The molecule has 0 radical (unpaired) electrons. The highest BCUT2D eigenvalue weighted by molar-refractivity contribution is 5.40. The molecule has 1 aliphatic rings. The van der Waals surface area contributed by atoms with Gasteiger partial charge in [-0.1, -0.05) is 6.07 Å². The van der Waals surface area contributed by atoms with E-state index in [4.69, 9.17) is 10.8 Å². The summed E-state index contributed by atoms with van der Waals surface area (Å²) in [6.07, 6.45) is 1.99. The summed E-state index contributed by atoms with van der Waals surface area (Å²) in [5.74, 6) is 0.191. The molecule has 1 aromatic carbocycles. The lowest BCUT2D eigenvalue weighted by Gasteiger charge is -2.31. The second-order valence-corrected chi connectivity index (χ2v) is 4.75. The minimum atomic E-state index is -0.228. The van der Waals surface area contributed by atoms with Crippen molar-refractivity contribution in [2.45, 2.75) is 19.4 Å². The number of aliphatic hydroxyl groups is 1. The van der Waals surface area contributed by atoms with E-state index >= 15 is 0 Å². The van der Waals surface area contributed by atoms with Crippen LogP contribution in [0.15, 0.2) is 18.2 Å². The third-order valence-electron chi connectivity index (χ3n) is 3.44. The highest BCUT2D eigenvalue weighted by Gasteiger charge is 2.19. The Morgan fingerprint density at radius 3 is 2.65 bits per heavy atom. The van der Waals surface area contributed by atoms with Crippen LogP contribution in [0.2, 0.25) is 0 Å². The Morgan fingerprint density at radius 2 is 2.06 bits per heavy atom. The molecule has 0 unspecified atom stereocenters. The maximum atomic E-state index is 13.6. The lowest BCUT2D eigenvalue weighted by atomic mass is 9.97. The molecule has 0 atom stereocenters. The van der Waals surface area contributed by atoms with Crippen LogP contribution in [0.1, 0.15) is 18.4 Å². The van der Waals surface area contributed by atoms with Crippen LogP contribution in [0.5, 0.6) is 0 Å². The van der Waals surface area contributed by atoms with Gasteiger partial charge >= 0.3 is 0 Å². The minimum absolute atomic E-state index is 0.228. The largest absolute Gasteiger partial charge is 0.399 e. The van der Waals surface area contributed by atoms with Gasteiger partial charge in [0.05, 0.1) is 0 Å². The molecule has 1 aromatic rings. The van der Waals surface area contributed by atoms with E-state index in [-0.39, 0.29) is 12.4 Å². The van der Waals surface area contributed by atoms with Crippen molar-refractivity contribution in [3.63, 3.8) is 0 Å². The van der Waals surface area contributed by atoms with E-state index in [2.05, 4.69) is 4.90 Å². The monoisotopic (exact) mass is 238 g/mol. The maximum Gasteiger partial charge on any atom is 0.129 e. The van der Waals surface area contributed by atoms with E-state index in [0.717, 1.165) is 25.9 Å². The van der Waals surface area contributed by atoms with E-state index in [1.54, 1.807) is 12.1 Å². The third-order valence-corrected chi connectivity index (χ3v) is 3.44. The molecular weight excluding hydrogens is 219 g/mol. The second kappa shape index (κ2) is 5.47. The minimum Gasteiger partial charge on any atom is -0.399 e. The number of aliphatic hydroxyl groups excluding tert-OH is 1. The van der Waals surface area contributed by atoms with Gasteiger partial charge in [0.1, 0.15) is 5.82 Å². The fourth-order valence-electron chi connectivity index (χ4n) is 2.26. The summed E-state index contributed by atoms with van der Waals surface area (Å²) in [5, 5.41) is 9.05. The molecule has 0 saturated carbocycles. The van der Waals surface area contributed by atoms with Gasteiger partial charge in [0.25, 0.3) is 0 Å². The number of piperidine rings is 1. The standard InChI is InChI=1S/C13H19FN2O/c14-13-7-12(15)2-1-11(13)8-16-5-3-10(9-17)4-6-16/h1-2,7,10,17H,3-6,8-9,15H2. The molecular formula is C13H19FN2O. The molecule has 0 aliphatic carbocycles. The second-order valence-electron chi connectivity index (χ2n) is 4.75. The van der Waals surface area contributed by atoms with Crippen LogP contribution in [-0.4, -0.2) is 29.7 Å². The first kappa shape index (κ1) is 12.3. The Kier molecular flexibility index (Phi) is 3.97. The highest BCUT2D eigenvalue weighted by atomic mass is 19.1. The van der Waals surface area contributed by atoms with Crippen LogP contribution in [0.3, 0.4) is 0 Å². The Balaban J connectivity index is 1.93. The summed E-state index contributed by atoms with van der Waals surface area (Å²) in [7, 11) is 0. The molecule has 1 fully saturated rings. The van der Waals surface area contributed by atoms with Gasteiger partial charge in [-0.15, -0.1) is 0 Å². The van der Waals surface area contributed by atoms with E-state index in [9.17, 15) is 4.39 Å². The summed E-state index contributed by atoms with van der Waals surface area (Å²) in [6, 6.07) is 4.86. The van der Waals surface area contributed by atoms with Crippen molar-refractivity contribution >= 4 is 5.69 Å². The molecule has 4 heteroatoms. The first-order chi connectivity index (χ1) is 8.19. The van der Waals surface area contributed by atoms with Gasteiger partial charge in [0.15, 0.2) is 0 Å². The molecule has 17 heavy (non-hydrogen) atoms. The Hall–Kier alpha value is -1.13. The zero-order valence-corrected chi connectivity index (χ0v) is 9.90. The normalized spacial score (nSPS) is 18.5. The molecule has 2 rings (SSSR count). The Labute approximate surface area is 101 Å². The van der Waals surface area contributed by atoms with Crippen LogP contribution in [-0.2, 0) is 6.54 Å². The molecule has 0 amide bonds. The molecule has 3 nitrogen and oxygen atoms in total. The van der Waals surface area contributed by atoms with Crippen molar-refractivity contribution in [2.24, 2.45) is 5.92 Å². The Morgan fingerprint density at radius 1 is 1.35 bits per heavy atom. The molecule has 1 aliphatic heterocycles. The van der Waals surface area contributed by atoms with Crippen molar-refractivity contribution in [3.8, 4) is 0 Å². The van der Waals surface area contributed by atoms with Gasteiger partial charge < -0.3 is 10.8 Å². The number of nitrogen functional groups attached to an aromatic ring is 1. The van der Waals surface area contributed by atoms with Gasteiger partial charge in [-0.3, -0.25) is 4.90 Å². The zero-order chi connectivity index (χ0) is 12.3. The lowest BCUT2D eigenvalue weighted by Crippen LogP contribution is -2.34. The SMILES string of the molecule is Nc1ccc(CN2CCC(CO)CC2)c(F)c1. The number of nitrogens with zero attached hydrogens (tertiary/aromatic N) is 1. The third kappa shape index (κ3) is 3.17. The van der Waals surface area contributed by atoms with Crippen molar-refractivity contribution < 1.29 is 9.50 Å². The average molecular weight is 238 g/mol. The van der Waals surface area contributed by atoms with E-state index < -0.39 is 0 Å². The molecule has 94 valence electrons. The number of hydrogen-bond acceptors (Lipinski definition) is 3. The number of benzene rings is 1. The van der Waals surface area contributed by atoms with Crippen LogP contribution < -0.4 is 5.73 Å². The summed E-state index contributed by atoms with van der Waals surface area (Å²) >= 11 is 0. The van der Waals surface area contributed by atoms with Gasteiger partial charge in [0.2, 0.25) is 0 Å². The number of likely N-dealkylation sites (tertiary alicyclic amines) is 1. The summed E-state index contributed by atoms with van der Waals surface area (Å²) in [5.41, 5.74) is 6.67. The number of anilines is 1. The van der Waals surface area contributed by atoms with Crippen LogP contribution in [0.4, 0.5) is 10.1 Å². The van der Waals surface area contributed by atoms with Gasteiger partial charge in [-0.25, -0.2) is 4.39 Å². The number of nitrogens with two attached hydrogens (primary N) is 1. The number of hydrogen-bond donors (Lipinski definition) is 2. The predicted octanol–water partition coefficient (Wildman–Crippen LogP) is 1.61. The fourth-order valence-corrected chi connectivity index (χ4v) is 2.26. The molecule has 3 N–H and O–H groups in total. The molecule has 0 bridgehead atoms. The van der Waals surface area contributed by atoms with E-state index in [1.165, 1.54) is 6.07 Å². The topological polar surface area (TPSA) is 49.5 Å². The highest BCUT2D eigenvalue weighted by Crippen LogP contribution is 2.20. The summed E-state index contributed by atoms with van der Waals surface area (Å²) in [6.45, 7) is 2.75. The van der Waals surface area contributed by atoms with Gasteiger partial charge in [-0.2, -0.15) is 0 Å². The zero-order valence-electron chi connectivity index (χ0n) is 9.90. The first-order valence-corrected chi connectivity index (χ1v) is 6.06. The van der Waals surface area contributed by atoms with Crippen LogP contribution in [0, 0.1) is 11.7 Å². The van der Waals surface area contributed by atoms with Crippen LogP contribution >= 0.6 is 0 Å². The Bertz CT molecular complexity index is 376. The van der Waals surface area contributed by atoms with Gasteiger partial charge in [-0.05, 0) is 44.0 Å². The van der Waals surface area contributed by atoms with Crippen molar-refractivity contribution in [1.29, 1.82) is 0 Å². The maximum absolute atomic E-state index is 13.6. The molecule has 0 spiro atoms.